The molecule has 3 aliphatic rings. The Bertz CT molecular complexity index is 1270. The van der Waals surface area contributed by atoms with E-state index in [1.165, 1.54) is 12.1 Å². The standard InChI is InChI=1S/C23H17BrF2IN3O2/c24-13-2-4-15-14-3-1-12(7-16(14)23(25,26)17(15)8-13)18-10-28-20(29-18)19-9-22(5-6-22)11-30(19)21(31)32-27/h1-4,7-8,10,19H,5-6,9,11H2,(H,28,29). The maximum Gasteiger partial charge on any atom is 0.419 e. The van der Waals surface area contributed by atoms with Crippen LogP contribution in [0.2, 0.25) is 0 Å². The van der Waals surface area contributed by atoms with Crippen molar-refractivity contribution in [1.82, 2.24) is 14.9 Å². The minimum absolute atomic E-state index is 0.00725. The van der Waals surface area contributed by atoms with Gasteiger partial charge in [0.2, 0.25) is 0 Å². The van der Waals surface area contributed by atoms with Crippen molar-refractivity contribution in [3.63, 3.8) is 0 Å². The van der Waals surface area contributed by atoms with Crippen LogP contribution in [-0.2, 0) is 8.99 Å². The van der Waals surface area contributed by atoms with Crippen molar-refractivity contribution in [1.29, 1.82) is 0 Å². The van der Waals surface area contributed by atoms with Crippen LogP contribution in [0.15, 0.2) is 47.1 Å². The lowest BCUT2D eigenvalue weighted by Gasteiger charge is -2.20. The first-order chi connectivity index (χ1) is 15.3. The van der Waals surface area contributed by atoms with E-state index in [-0.39, 0.29) is 28.7 Å². The fourth-order valence-electron chi connectivity index (χ4n) is 5.09. The molecule has 1 spiro atoms. The molecule has 1 N–H and O–H groups in total. The van der Waals surface area contributed by atoms with Gasteiger partial charge in [-0.3, -0.25) is 4.90 Å². The number of benzene rings is 2. The summed E-state index contributed by atoms with van der Waals surface area (Å²) in [7, 11) is 0. The number of rotatable bonds is 2. The van der Waals surface area contributed by atoms with Gasteiger partial charge in [-0.25, -0.2) is 9.78 Å². The molecule has 9 heteroatoms. The van der Waals surface area contributed by atoms with Crippen LogP contribution in [0.3, 0.4) is 0 Å². The number of carbonyl (C=O) groups excluding carboxylic acids is 1. The smallest absolute Gasteiger partial charge is 0.378 e. The highest BCUT2D eigenvalue weighted by Crippen LogP contribution is 2.58. The summed E-state index contributed by atoms with van der Waals surface area (Å²) in [6, 6.07) is 9.89. The molecule has 6 rings (SSSR count). The molecule has 1 unspecified atom stereocenters. The van der Waals surface area contributed by atoms with Crippen LogP contribution < -0.4 is 0 Å². The topological polar surface area (TPSA) is 58.2 Å². The molecule has 1 atom stereocenters. The Balaban J connectivity index is 1.35. The third-order valence-corrected chi connectivity index (χ3v) is 7.83. The predicted molar refractivity (Wildman–Crippen MR) is 126 cm³/mol. The zero-order valence-corrected chi connectivity index (χ0v) is 20.4. The van der Waals surface area contributed by atoms with Gasteiger partial charge >= 0.3 is 6.09 Å². The van der Waals surface area contributed by atoms with Crippen LogP contribution in [0, 0.1) is 5.41 Å². The van der Waals surface area contributed by atoms with Gasteiger partial charge in [0.15, 0.2) is 23.0 Å². The molecular weight excluding hydrogens is 595 g/mol. The van der Waals surface area contributed by atoms with Crippen molar-refractivity contribution in [2.24, 2.45) is 5.41 Å². The number of likely N-dealkylation sites (tertiary alicyclic amines) is 1. The van der Waals surface area contributed by atoms with Crippen LogP contribution in [0.4, 0.5) is 13.6 Å². The number of aromatic amines is 1. The molecule has 3 aromatic rings. The Kier molecular flexibility index (Phi) is 4.50. The molecule has 2 aliphatic carbocycles. The summed E-state index contributed by atoms with van der Waals surface area (Å²) >= 11 is 4.90. The molecule has 164 valence electrons. The number of hydrogen-bond acceptors (Lipinski definition) is 3. The van der Waals surface area contributed by atoms with Crippen LogP contribution in [0.1, 0.15) is 42.3 Å². The third kappa shape index (κ3) is 3.03. The highest BCUT2D eigenvalue weighted by molar-refractivity contribution is 14.1. The molecule has 1 amide bonds. The van der Waals surface area contributed by atoms with Crippen molar-refractivity contribution in [2.75, 3.05) is 6.54 Å². The van der Waals surface area contributed by atoms with Crippen LogP contribution in [0.5, 0.6) is 0 Å². The Morgan fingerprint density at radius 3 is 2.62 bits per heavy atom. The number of imidazole rings is 1. The molecule has 2 heterocycles. The number of fused-ring (bicyclic) bond motifs is 3. The number of nitrogens with one attached hydrogen (secondary N) is 1. The number of hydrogen-bond donors (Lipinski definition) is 1. The predicted octanol–water partition coefficient (Wildman–Crippen LogP) is 6.97. The lowest BCUT2D eigenvalue weighted by molar-refractivity contribution is 0.0480. The first-order valence-corrected chi connectivity index (χ1v) is 12.0. The monoisotopic (exact) mass is 611 g/mol. The number of alkyl halides is 2. The summed E-state index contributed by atoms with van der Waals surface area (Å²) in [5, 5.41) is 0. The maximum atomic E-state index is 15.2. The van der Waals surface area contributed by atoms with Crippen molar-refractivity contribution in [2.45, 2.75) is 31.2 Å². The van der Waals surface area contributed by atoms with Gasteiger partial charge in [0.25, 0.3) is 5.92 Å². The van der Waals surface area contributed by atoms with Crippen molar-refractivity contribution < 1.29 is 16.6 Å². The van der Waals surface area contributed by atoms with E-state index in [9.17, 15) is 4.79 Å². The van der Waals surface area contributed by atoms with Gasteiger partial charge in [-0.2, -0.15) is 8.78 Å². The van der Waals surface area contributed by atoms with Crippen molar-refractivity contribution in [3.8, 4) is 22.4 Å². The van der Waals surface area contributed by atoms with E-state index in [0.29, 0.717) is 39.2 Å². The molecule has 2 aromatic carbocycles. The van der Waals surface area contributed by atoms with E-state index in [0.717, 1.165) is 19.3 Å². The Morgan fingerprint density at radius 2 is 1.91 bits per heavy atom. The first-order valence-electron chi connectivity index (χ1n) is 10.3. The van der Waals surface area contributed by atoms with Gasteiger partial charge in [0.05, 0.1) is 17.9 Å². The molecular formula is C23H17BrF2IN3O2. The number of carbonyl (C=O) groups is 1. The van der Waals surface area contributed by atoms with Gasteiger partial charge in [-0.15, -0.1) is 0 Å². The van der Waals surface area contributed by atoms with Gasteiger partial charge in [-0.1, -0.05) is 34.1 Å². The van der Waals surface area contributed by atoms with Crippen LogP contribution >= 0.6 is 38.9 Å². The van der Waals surface area contributed by atoms with Gasteiger partial charge in [0, 0.05) is 27.7 Å². The fraction of sp³-hybridized carbons (Fsp3) is 0.304. The van der Waals surface area contributed by atoms with Crippen molar-refractivity contribution >= 4 is 45.0 Å². The summed E-state index contributed by atoms with van der Waals surface area (Å²) in [5.41, 5.74) is 2.55. The minimum atomic E-state index is -3.07. The molecule has 1 saturated carbocycles. The first kappa shape index (κ1) is 20.6. The fourth-order valence-corrected chi connectivity index (χ4v) is 5.71. The van der Waals surface area contributed by atoms with Crippen LogP contribution in [0.25, 0.3) is 22.4 Å². The summed E-state index contributed by atoms with van der Waals surface area (Å²) in [5.74, 6) is -2.41. The molecule has 0 radical (unpaired) electrons. The van der Waals surface area contributed by atoms with Gasteiger partial charge < -0.3 is 8.05 Å². The lowest BCUT2D eigenvalue weighted by atomic mass is 10.0. The highest BCUT2D eigenvalue weighted by atomic mass is 127. The molecule has 1 saturated heterocycles. The van der Waals surface area contributed by atoms with E-state index in [1.54, 1.807) is 52.3 Å². The third-order valence-electron chi connectivity index (χ3n) is 6.96. The van der Waals surface area contributed by atoms with E-state index < -0.39 is 5.92 Å². The molecule has 5 nitrogen and oxygen atoms in total. The second-order valence-corrected chi connectivity index (χ2v) is 10.3. The lowest BCUT2D eigenvalue weighted by Crippen LogP contribution is -2.30. The summed E-state index contributed by atoms with van der Waals surface area (Å²) in [4.78, 5) is 21.8. The SMILES string of the molecule is O=C(OI)N1CC2(CC2)CC1c1ncc(-c2ccc3c(c2)C(F)(F)c2cc(Br)ccc2-3)[nH]1. The molecule has 0 bridgehead atoms. The summed E-state index contributed by atoms with van der Waals surface area (Å²) in [6.07, 6.45) is 4.30. The molecule has 2 fully saturated rings. The minimum Gasteiger partial charge on any atom is -0.378 e. The van der Waals surface area contributed by atoms with Crippen molar-refractivity contribution in [3.05, 3.63) is 64.0 Å². The highest BCUT2D eigenvalue weighted by Gasteiger charge is 2.55. The van der Waals surface area contributed by atoms with E-state index in [4.69, 9.17) is 3.07 Å². The molecule has 1 aliphatic heterocycles. The second kappa shape index (κ2) is 6.99. The van der Waals surface area contributed by atoms with E-state index in [2.05, 4.69) is 25.9 Å². The normalized spacial score (nSPS) is 21.5. The zero-order valence-electron chi connectivity index (χ0n) is 16.7. The van der Waals surface area contributed by atoms with E-state index in [1.807, 2.05) is 6.07 Å². The van der Waals surface area contributed by atoms with Crippen LogP contribution in [-0.4, -0.2) is 27.5 Å². The van der Waals surface area contributed by atoms with Gasteiger partial charge in [0.1, 0.15) is 5.82 Å². The largest absolute Gasteiger partial charge is 0.419 e. The summed E-state index contributed by atoms with van der Waals surface area (Å²) < 4.78 is 36.0. The maximum absolute atomic E-state index is 15.2. The average Bonchev–Trinajstić information content (AvgIpc) is 3.11. The zero-order chi connectivity index (χ0) is 22.3. The molecule has 1 aromatic heterocycles. The number of halogens is 4. The van der Waals surface area contributed by atoms with E-state index >= 15 is 8.78 Å². The van der Waals surface area contributed by atoms with Gasteiger partial charge in [-0.05, 0) is 54.0 Å². The number of amides is 1. The second-order valence-electron chi connectivity index (χ2n) is 8.90. The summed E-state index contributed by atoms with van der Waals surface area (Å²) in [6.45, 7) is 0.661. The average molecular weight is 612 g/mol. The quantitative estimate of drug-likeness (QED) is 0.318. The number of nitrogens with zero attached hydrogens (tertiary/aromatic N) is 2. The Morgan fingerprint density at radius 1 is 1.19 bits per heavy atom. The number of aromatic nitrogens is 2. The molecule has 32 heavy (non-hydrogen) atoms. The Hall–Kier alpha value is -2.01. The Labute approximate surface area is 205 Å². The number of H-pyrrole nitrogens is 1.